The van der Waals surface area contributed by atoms with E-state index in [1.807, 2.05) is 19.9 Å². The average Bonchev–Trinajstić information content (AvgIpc) is 2.46. The highest BCUT2D eigenvalue weighted by molar-refractivity contribution is 7.99. The minimum absolute atomic E-state index is 0.269. The number of nitrogens with one attached hydrogen (secondary N) is 1. The Morgan fingerprint density at radius 1 is 0.958 bits per heavy atom. The Kier molecular flexibility index (Phi) is 5.55. The molecule has 0 spiro atoms. The summed E-state index contributed by atoms with van der Waals surface area (Å²) in [6.07, 6.45) is 0. The van der Waals surface area contributed by atoms with Crippen molar-refractivity contribution < 1.29 is 17.2 Å². The van der Waals surface area contributed by atoms with Crippen molar-refractivity contribution in [2.75, 3.05) is 4.72 Å². The van der Waals surface area contributed by atoms with Crippen molar-refractivity contribution in [1.29, 1.82) is 0 Å². The van der Waals surface area contributed by atoms with Gasteiger partial charge in [-0.1, -0.05) is 17.8 Å². The Hall–Kier alpha value is -1.60. The highest BCUT2D eigenvalue weighted by Crippen LogP contribution is 2.29. The monoisotopic (exact) mass is 371 g/mol. The van der Waals surface area contributed by atoms with E-state index >= 15 is 0 Å². The number of hydrogen-bond donors (Lipinski definition) is 1. The van der Waals surface area contributed by atoms with Gasteiger partial charge in [0.25, 0.3) is 15.8 Å². The molecule has 0 amide bonds. The molecule has 130 valence electrons. The first-order valence-electron chi connectivity index (χ1n) is 7.27. The minimum Gasteiger partial charge on any atom is -0.280 e. The summed E-state index contributed by atoms with van der Waals surface area (Å²) in [5, 5.41) is 0. The Morgan fingerprint density at radius 2 is 1.46 bits per heavy atom. The fourth-order valence-electron chi connectivity index (χ4n) is 2.49. The van der Waals surface area contributed by atoms with Crippen molar-refractivity contribution >= 4 is 27.5 Å². The number of thioether (sulfide) groups is 1. The van der Waals surface area contributed by atoms with Crippen LogP contribution in [0.25, 0.3) is 0 Å². The molecule has 7 heteroatoms. The molecule has 0 aromatic heterocycles. The Morgan fingerprint density at radius 3 is 1.92 bits per heavy atom. The summed E-state index contributed by atoms with van der Waals surface area (Å²) in [4.78, 5) is 0.651. The molecule has 0 saturated carbocycles. The zero-order valence-electron chi connectivity index (χ0n) is 13.9. The largest absolute Gasteiger partial charge is 0.288 e. The number of aryl methyl sites for hydroxylation is 2. The lowest BCUT2D eigenvalue weighted by molar-refractivity contribution is 0.252. The smallest absolute Gasteiger partial charge is 0.280 e. The van der Waals surface area contributed by atoms with Crippen LogP contribution in [-0.2, 0) is 10.0 Å². The maximum Gasteiger partial charge on any atom is 0.288 e. The van der Waals surface area contributed by atoms with Crippen LogP contribution >= 0.6 is 11.8 Å². The van der Waals surface area contributed by atoms with Crippen LogP contribution in [0.5, 0.6) is 0 Å². The van der Waals surface area contributed by atoms with E-state index in [0.717, 1.165) is 11.1 Å². The van der Waals surface area contributed by atoms with Crippen molar-refractivity contribution in [3.05, 3.63) is 52.6 Å². The molecule has 2 aromatic rings. The molecular weight excluding hydrogens is 352 g/mol. The lowest BCUT2D eigenvalue weighted by Gasteiger charge is -2.17. The second-order valence-electron chi connectivity index (χ2n) is 5.60. The van der Waals surface area contributed by atoms with Gasteiger partial charge >= 0.3 is 0 Å². The molecule has 0 unspecified atom stereocenters. The first kappa shape index (κ1) is 18.7. The van der Waals surface area contributed by atoms with Crippen molar-refractivity contribution in [3.63, 3.8) is 0 Å². The molecule has 2 aromatic carbocycles. The number of hydrogen-bond acceptors (Lipinski definition) is 3. The maximum atomic E-state index is 12.8. The Bertz CT molecular complexity index is 822. The second kappa shape index (κ2) is 7.11. The topological polar surface area (TPSA) is 46.2 Å². The van der Waals surface area contributed by atoms with Gasteiger partial charge in [-0.3, -0.25) is 4.72 Å². The number of alkyl halides is 2. The summed E-state index contributed by atoms with van der Waals surface area (Å²) in [7, 11) is -3.76. The molecule has 3 nitrogen and oxygen atoms in total. The zero-order valence-corrected chi connectivity index (χ0v) is 15.5. The first-order chi connectivity index (χ1) is 11.1. The van der Waals surface area contributed by atoms with Crippen LogP contribution in [0.15, 0.2) is 40.1 Å². The minimum atomic E-state index is -3.76. The number of rotatable bonds is 5. The van der Waals surface area contributed by atoms with E-state index < -0.39 is 15.8 Å². The van der Waals surface area contributed by atoms with Gasteiger partial charge in [0, 0.05) is 10.6 Å². The van der Waals surface area contributed by atoms with Crippen LogP contribution in [0.4, 0.5) is 14.5 Å². The predicted octanol–water partition coefficient (Wildman–Crippen LogP) is 5.04. The summed E-state index contributed by atoms with van der Waals surface area (Å²) in [5.74, 6) is -2.51. The molecule has 24 heavy (non-hydrogen) atoms. The normalized spacial score (nSPS) is 11.8. The van der Waals surface area contributed by atoms with Gasteiger partial charge in [0.15, 0.2) is 0 Å². The van der Waals surface area contributed by atoms with Crippen LogP contribution in [0.2, 0.25) is 0 Å². The second-order valence-corrected chi connectivity index (χ2v) is 8.28. The summed E-state index contributed by atoms with van der Waals surface area (Å²) in [6, 6.07) is 7.86. The van der Waals surface area contributed by atoms with Crippen LogP contribution in [-0.4, -0.2) is 14.2 Å². The fraction of sp³-hybridized carbons (Fsp3) is 0.294. The van der Waals surface area contributed by atoms with Crippen molar-refractivity contribution in [1.82, 2.24) is 0 Å². The lowest BCUT2D eigenvalue weighted by atomic mass is 10.0. The quantitative estimate of drug-likeness (QED) is 0.749. The van der Waals surface area contributed by atoms with Gasteiger partial charge in [-0.15, -0.1) is 0 Å². The maximum absolute atomic E-state index is 12.8. The molecule has 0 aliphatic carbocycles. The van der Waals surface area contributed by atoms with Crippen molar-refractivity contribution in [2.24, 2.45) is 0 Å². The number of benzene rings is 2. The molecule has 1 N–H and O–H groups in total. The number of halogens is 2. The Balaban J connectivity index is 2.36. The van der Waals surface area contributed by atoms with Gasteiger partial charge in [-0.25, -0.2) is 8.42 Å². The van der Waals surface area contributed by atoms with Crippen LogP contribution in [0.3, 0.4) is 0 Å². The van der Waals surface area contributed by atoms with Gasteiger partial charge in [0.1, 0.15) is 0 Å². The zero-order chi connectivity index (χ0) is 18.1. The molecule has 0 aliphatic heterocycles. The van der Waals surface area contributed by atoms with Crippen molar-refractivity contribution in [3.8, 4) is 0 Å². The molecule has 0 heterocycles. The molecular formula is C17H19F2NO2S2. The summed E-state index contributed by atoms with van der Waals surface area (Å²) < 4.78 is 52.7. The SMILES string of the molecule is Cc1cc(C)c(C)c(S(=O)(=O)Nc2ccc(SC(F)F)cc2)c1C. The van der Waals surface area contributed by atoms with Gasteiger partial charge in [0.05, 0.1) is 4.90 Å². The molecule has 2 rings (SSSR count). The van der Waals surface area contributed by atoms with E-state index in [4.69, 9.17) is 0 Å². The third-order valence-corrected chi connectivity index (χ3v) is 6.27. The van der Waals surface area contributed by atoms with Crippen LogP contribution in [0, 0.1) is 27.7 Å². The van der Waals surface area contributed by atoms with Gasteiger partial charge < -0.3 is 0 Å². The standard InChI is InChI=1S/C17H19F2NO2S2/c1-10-9-11(2)13(4)16(12(10)3)24(21,22)20-14-5-7-15(8-6-14)23-17(18)19/h5-9,17,20H,1-4H3. The molecule has 0 fully saturated rings. The van der Waals surface area contributed by atoms with E-state index in [1.165, 1.54) is 24.3 Å². The predicted molar refractivity (Wildman–Crippen MR) is 94.5 cm³/mol. The average molecular weight is 371 g/mol. The molecule has 0 saturated heterocycles. The van der Waals surface area contributed by atoms with E-state index in [-0.39, 0.29) is 4.90 Å². The molecule has 0 bridgehead atoms. The Labute approximate surface area is 145 Å². The third kappa shape index (κ3) is 4.08. The van der Waals surface area contributed by atoms with E-state index in [0.29, 0.717) is 33.5 Å². The van der Waals surface area contributed by atoms with Crippen LogP contribution < -0.4 is 4.72 Å². The molecule has 0 radical (unpaired) electrons. The summed E-state index contributed by atoms with van der Waals surface area (Å²) in [6.45, 7) is 7.30. The van der Waals surface area contributed by atoms with Gasteiger partial charge in [0.2, 0.25) is 0 Å². The summed E-state index contributed by atoms with van der Waals surface area (Å²) >= 11 is 0.420. The van der Waals surface area contributed by atoms with E-state index in [9.17, 15) is 17.2 Å². The molecule has 0 atom stereocenters. The number of anilines is 1. The third-order valence-electron chi connectivity index (χ3n) is 3.90. The van der Waals surface area contributed by atoms with Gasteiger partial charge in [-0.05, 0) is 74.2 Å². The van der Waals surface area contributed by atoms with Crippen molar-refractivity contribution in [2.45, 2.75) is 43.2 Å². The van der Waals surface area contributed by atoms with Crippen LogP contribution in [0.1, 0.15) is 22.3 Å². The fourth-order valence-corrected chi connectivity index (χ4v) is 4.67. The van der Waals surface area contributed by atoms with E-state index in [1.54, 1.807) is 13.8 Å². The summed E-state index contributed by atoms with van der Waals surface area (Å²) in [5.41, 5.74) is 3.56. The highest BCUT2D eigenvalue weighted by atomic mass is 32.2. The van der Waals surface area contributed by atoms with E-state index in [2.05, 4.69) is 4.72 Å². The first-order valence-corrected chi connectivity index (χ1v) is 9.63. The lowest BCUT2D eigenvalue weighted by Crippen LogP contribution is -2.17. The van der Waals surface area contributed by atoms with Gasteiger partial charge in [-0.2, -0.15) is 8.78 Å². The highest BCUT2D eigenvalue weighted by Gasteiger charge is 2.22. The number of sulfonamides is 1. The molecule has 0 aliphatic rings.